The minimum absolute atomic E-state index is 0.0517. The van der Waals surface area contributed by atoms with E-state index in [2.05, 4.69) is 20.8 Å². The lowest BCUT2D eigenvalue weighted by molar-refractivity contribution is -0.114. The Morgan fingerprint density at radius 2 is 1.77 bits per heavy atom. The molecule has 0 aliphatic heterocycles. The maximum Gasteiger partial charge on any atom is 0.259 e. The molecule has 0 unspecified atom stereocenters. The van der Waals surface area contributed by atoms with Gasteiger partial charge in [0.25, 0.3) is 11.6 Å². The highest BCUT2D eigenvalue weighted by Gasteiger charge is 2.21. The van der Waals surface area contributed by atoms with E-state index in [1.54, 1.807) is 13.0 Å². The zero-order chi connectivity index (χ0) is 22.1. The van der Waals surface area contributed by atoms with Crippen LogP contribution in [0.5, 0.6) is 0 Å². The average Bonchev–Trinajstić information content (AvgIpc) is 3.10. The number of carbonyl (C=O) groups excluding carboxylic acids is 2. The Morgan fingerprint density at radius 3 is 2.52 bits per heavy atom. The Hall–Kier alpha value is -4.14. The van der Waals surface area contributed by atoms with Crippen LogP contribution in [0.2, 0.25) is 0 Å². The summed E-state index contributed by atoms with van der Waals surface area (Å²) in [5, 5.41) is 9.17. The maximum atomic E-state index is 14.3. The molecule has 9 heteroatoms. The fourth-order valence-electron chi connectivity index (χ4n) is 3.17. The van der Waals surface area contributed by atoms with E-state index in [-0.39, 0.29) is 34.1 Å². The first-order valence-corrected chi connectivity index (χ1v) is 9.24. The van der Waals surface area contributed by atoms with Gasteiger partial charge < -0.3 is 15.2 Å². The number of halogens is 2. The van der Waals surface area contributed by atoms with E-state index in [0.29, 0.717) is 16.8 Å². The predicted octanol–water partition coefficient (Wildman–Crippen LogP) is 4.69. The van der Waals surface area contributed by atoms with Crippen LogP contribution in [-0.4, -0.2) is 22.0 Å². The lowest BCUT2D eigenvalue weighted by Gasteiger charge is -2.11. The number of aromatic nitrogens is 2. The van der Waals surface area contributed by atoms with Crippen molar-refractivity contribution in [1.29, 1.82) is 0 Å². The molecule has 0 fully saturated rings. The van der Waals surface area contributed by atoms with Gasteiger partial charge in [0.05, 0.1) is 28.0 Å². The first-order chi connectivity index (χ1) is 14.8. The van der Waals surface area contributed by atoms with Crippen LogP contribution in [0.1, 0.15) is 23.0 Å². The lowest BCUT2D eigenvalue weighted by Crippen LogP contribution is -2.15. The first kappa shape index (κ1) is 20.1. The smallest absolute Gasteiger partial charge is 0.259 e. The zero-order valence-electron chi connectivity index (χ0n) is 16.5. The molecule has 0 aliphatic carbocycles. The minimum atomic E-state index is -0.691. The molecule has 2 heterocycles. The van der Waals surface area contributed by atoms with Crippen molar-refractivity contribution in [2.75, 3.05) is 10.6 Å². The molecule has 2 N–H and O–H groups in total. The van der Waals surface area contributed by atoms with Crippen LogP contribution in [0.15, 0.2) is 53.1 Å². The van der Waals surface area contributed by atoms with Crippen LogP contribution >= 0.6 is 0 Å². The van der Waals surface area contributed by atoms with Gasteiger partial charge in [0.1, 0.15) is 11.6 Å². The third-order valence-corrected chi connectivity index (χ3v) is 4.55. The van der Waals surface area contributed by atoms with Crippen molar-refractivity contribution in [3.05, 3.63) is 71.4 Å². The number of carbonyl (C=O) groups is 2. The molecular formula is C22H16F2N4O3. The summed E-state index contributed by atoms with van der Waals surface area (Å²) in [6.45, 7) is 2.94. The molecular weight excluding hydrogens is 406 g/mol. The van der Waals surface area contributed by atoms with Gasteiger partial charge in [-0.15, -0.1) is 0 Å². The molecule has 4 rings (SSSR count). The highest BCUT2D eigenvalue weighted by atomic mass is 19.1. The number of nitrogens with zero attached hydrogens (tertiary/aromatic N) is 2. The molecule has 31 heavy (non-hydrogen) atoms. The van der Waals surface area contributed by atoms with Crippen LogP contribution in [0.3, 0.4) is 0 Å². The van der Waals surface area contributed by atoms with Gasteiger partial charge in [0, 0.05) is 18.2 Å². The predicted molar refractivity (Wildman–Crippen MR) is 111 cm³/mol. The molecule has 0 saturated carbocycles. The summed E-state index contributed by atoms with van der Waals surface area (Å²) in [7, 11) is 0. The third-order valence-electron chi connectivity index (χ3n) is 4.55. The highest BCUT2D eigenvalue weighted by Crippen LogP contribution is 2.29. The molecule has 0 bridgehead atoms. The van der Waals surface area contributed by atoms with Crippen LogP contribution in [-0.2, 0) is 4.79 Å². The maximum absolute atomic E-state index is 14.3. The summed E-state index contributed by atoms with van der Waals surface area (Å²) >= 11 is 0. The van der Waals surface area contributed by atoms with E-state index in [9.17, 15) is 18.4 Å². The quantitative estimate of drug-likeness (QED) is 0.497. The van der Waals surface area contributed by atoms with Crippen molar-refractivity contribution in [2.45, 2.75) is 13.8 Å². The molecule has 2 aromatic heterocycles. The van der Waals surface area contributed by atoms with Crippen LogP contribution in [0, 0.1) is 18.6 Å². The van der Waals surface area contributed by atoms with Crippen molar-refractivity contribution < 1.29 is 22.9 Å². The second-order valence-electron chi connectivity index (χ2n) is 6.81. The Morgan fingerprint density at radius 1 is 1.00 bits per heavy atom. The molecule has 156 valence electrons. The summed E-state index contributed by atoms with van der Waals surface area (Å²) in [6.07, 6.45) is 0. The van der Waals surface area contributed by atoms with Gasteiger partial charge in [-0.25, -0.2) is 13.8 Å². The van der Waals surface area contributed by atoms with E-state index in [1.807, 2.05) is 0 Å². The first-order valence-electron chi connectivity index (χ1n) is 9.24. The van der Waals surface area contributed by atoms with E-state index in [0.717, 1.165) is 6.07 Å². The summed E-state index contributed by atoms with van der Waals surface area (Å²) in [4.78, 5) is 28.6. The third kappa shape index (κ3) is 3.97. The number of anilines is 2. The molecule has 2 amide bonds. The molecule has 4 aromatic rings. The summed E-state index contributed by atoms with van der Waals surface area (Å²) < 4.78 is 33.8. The Balaban J connectivity index is 1.79. The van der Waals surface area contributed by atoms with E-state index >= 15 is 0 Å². The number of nitrogens with one attached hydrogen (secondary N) is 2. The molecule has 0 spiro atoms. The van der Waals surface area contributed by atoms with Gasteiger partial charge in [-0.2, -0.15) is 0 Å². The SMILES string of the molecule is CC(=O)Nc1ccc(F)c(NC(=O)c2cc(-c3ccccc3F)nc3onc(C)c23)c1. The van der Waals surface area contributed by atoms with Crippen molar-refractivity contribution in [3.63, 3.8) is 0 Å². The lowest BCUT2D eigenvalue weighted by atomic mass is 10.0. The number of hydrogen-bond donors (Lipinski definition) is 2. The molecule has 2 aromatic carbocycles. The van der Waals surface area contributed by atoms with Crippen LogP contribution < -0.4 is 10.6 Å². The van der Waals surface area contributed by atoms with Gasteiger partial charge in [-0.3, -0.25) is 9.59 Å². The van der Waals surface area contributed by atoms with E-state index < -0.39 is 17.5 Å². The number of aryl methyl sites for hydroxylation is 1. The van der Waals surface area contributed by atoms with Crippen molar-refractivity contribution >= 4 is 34.3 Å². The fourth-order valence-corrected chi connectivity index (χ4v) is 3.17. The minimum Gasteiger partial charge on any atom is -0.335 e. The fraction of sp³-hybridized carbons (Fsp3) is 0.0909. The van der Waals surface area contributed by atoms with Gasteiger partial charge in [-0.1, -0.05) is 17.3 Å². The zero-order valence-corrected chi connectivity index (χ0v) is 16.5. The number of rotatable bonds is 4. The van der Waals surface area contributed by atoms with E-state index in [4.69, 9.17) is 4.52 Å². The number of pyridine rings is 1. The number of amides is 2. The normalized spacial score (nSPS) is 10.8. The topological polar surface area (TPSA) is 97.1 Å². The molecule has 0 saturated heterocycles. The monoisotopic (exact) mass is 422 g/mol. The molecule has 7 nitrogen and oxygen atoms in total. The van der Waals surface area contributed by atoms with Crippen LogP contribution in [0.25, 0.3) is 22.4 Å². The Kier molecular flexibility index (Phi) is 5.16. The summed E-state index contributed by atoms with van der Waals surface area (Å²) in [5.74, 6) is -2.22. The van der Waals surface area contributed by atoms with Crippen molar-refractivity contribution in [3.8, 4) is 11.3 Å². The average molecular weight is 422 g/mol. The summed E-state index contributed by atoms with van der Waals surface area (Å²) in [5.41, 5.74) is 1.06. The standard InChI is InChI=1S/C22H16F2N4O3/c1-11-20-15(21(30)26-19-9-13(25-12(2)29)7-8-17(19)24)10-18(27-22(20)31-28-11)14-5-3-4-6-16(14)23/h3-10H,1-2H3,(H,25,29)(H,26,30). The highest BCUT2D eigenvalue weighted by molar-refractivity contribution is 6.13. The molecule has 0 atom stereocenters. The van der Waals surface area contributed by atoms with Gasteiger partial charge in [0.15, 0.2) is 0 Å². The second-order valence-corrected chi connectivity index (χ2v) is 6.81. The molecule has 0 aliphatic rings. The van der Waals surface area contributed by atoms with Gasteiger partial charge >= 0.3 is 0 Å². The summed E-state index contributed by atoms with van der Waals surface area (Å²) in [6, 6.07) is 11.2. The largest absolute Gasteiger partial charge is 0.335 e. The van der Waals surface area contributed by atoms with E-state index in [1.165, 1.54) is 43.3 Å². The number of benzene rings is 2. The number of fused-ring (bicyclic) bond motifs is 1. The Labute approximate surface area is 175 Å². The van der Waals surface area contributed by atoms with Crippen molar-refractivity contribution in [2.24, 2.45) is 0 Å². The Bertz CT molecular complexity index is 1330. The number of hydrogen-bond acceptors (Lipinski definition) is 5. The van der Waals surface area contributed by atoms with Crippen LogP contribution in [0.4, 0.5) is 20.2 Å². The van der Waals surface area contributed by atoms with Gasteiger partial charge in [-0.05, 0) is 43.3 Å². The van der Waals surface area contributed by atoms with Crippen molar-refractivity contribution in [1.82, 2.24) is 10.1 Å². The second kappa shape index (κ2) is 7.94. The molecule has 0 radical (unpaired) electrons. The van der Waals surface area contributed by atoms with Gasteiger partial charge in [0.2, 0.25) is 5.91 Å².